The number of rotatable bonds is 8. The first-order valence-corrected chi connectivity index (χ1v) is 10.6. The van der Waals surface area contributed by atoms with Gasteiger partial charge >= 0.3 is 5.97 Å². The Labute approximate surface area is 139 Å². The minimum Gasteiger partial charge on any atom is -0.478 e. The lowest BCUT2D eigenvalue weighted by Gasteiger charge is -2.36. The average molecular weight is 340 g/mol. The minimum absolute atomic E-state index is 0.0219. The summed E-state index contributed by atoms with van der Waals surface area (Å²) in [7, 11) is -0.287. The molecule has 0 spiro atoms. The van der Waals surface area contributed by atoms with Gasteiger partial charge in [-0.2, -0.15) is 0 Å². The molecule has 0 heterocycles. The second-order valence-corrected chi connectivity index (χ2v) is 11.9. The average Bonchev–Trinajstić information content (AvgIpc) is 2.44. The van der Waals surface area contributed by atoms with Crippen molar-refractivity contribution in [2.75, 3.05) is 20.5 Å². The van der Waals surface area contributed by atoms with E-state index in [1.54, 1.807) is 12.1 Å². The molecule has 1 N–H and O–H groups in total. The SMILES string of the molecule is COCOc1ccc(CCO[Si](C)(C)C(C)(C)C)cc1C(=O)O. The summed E-state index contributed by atoms with van der Waals surface area (Å²) in [6.07, 6.45) is 0.678. The van der Waals surface area contributed by atoms with Gasteiger partial charge in [-0.1, -0.05) is 26.8 Å². The van der Waals surface area contributed by atoms with Crippen LogP contribution in [0.1, 0.15) is 36.7 Å². The molecular formula is C17H28O5Si. The summed E-state index contributed by atoms with van der Waals surface area (Å²) < 4.78 is 16.2. The van der Waals surface area contributed by atoms with E-state index in [-0.39, 0.29) is 17.4 Å². The summed E-state index contributed by atoms with van der Waals surface area (Å²) in [4.78, 5) is 11.4. The van der Waals surface area contributed by atoms with Crippen LogP contribution < -0.4 is 4.74 Å². The van der Waals surface area contributed by atoms with Crippen molar-refractivity contribution in [3.63, 3.8) is 0 Å². The van der Waals surface area contributed by atoms with E-state index in [0.717, 1.165) is 5.56 Å². The maximum Gasteiger partial charge on any atom is 0.339 e. The van der Waals surface area contributed by atoms with E-state index in [9.17, 15) is 9.90 Å². The largest absolute Gasteiger partial charge is 0.478 e. The molecule has 130 valence electrons. The summed E-state index contributed by atoms with van der Waals surface area (Å²) in [5.41, 5.74) is 1.07. The van der Waals surface area contributed by atoms with Crippen molar-refractivity contribution in [3.8, 4) is 5.75 Å². The number of methoxy groups -OCH3 is 1. The van der Waals surface area contributed by atoms with Gasteiger partial charge < -0.3 is 19.0 Å². The number of hydrogen-bond donors (Lipinski definition) is 1. The van der Waals surface area contributed by atoms with E-state index < -0.39 is 14.3 Å². The molecular weight excluding hydrogens is 312 g/mol. The molecule has 0 amide bonds. The highest BCUT2D eigenvalue weighted by Gasteiger charge is 2.36. The predicted molar refractivity (Wildman–Crippen MR) is 92.8 cm³/mol. The van der Waals surface area contributed by atoms with Crippen LogP contribution in [-0.4, -0.2) is 39.9 Å². The lowest BCUT2D eigenvalue weighted by atomic mass is 10.1. The van der Waals surface area contributed by atoms with Crippen LogP contribution in [0.15, 0.2) is 18.2 Å². The first kappa shape index (κ1) is 19.7. The van der Waals surface area contributed by atoms with Gasteiger partial charge in [-0.05, 0) is 42.2 Å². The van der Waals surface area contributed by atoms with E-state index in [2.05, 4.69) is 33.9 Å². The van der Waals surface area contributed by atoms with Gasteiger partial charge in [0, 0.05) is 13.7 Å². The molecule has 0 aliphatic heterocycles. The zero-order chi connectivity index (χ0) is 17.7. The maximum absolute atomic E-state index is 11.4. The lowest BCUT2D eigenvalue weighted by Crippen LogP contribution is -2.41. The Balaban J connectivity index is 2.75. The molecule has 1 aromatic carbocycles. The first-order valence-electron chi connectivity index (χ1n) is 7.70. The monoisotopic (exact) mass is 340 g/mol. The van der Waals surface area contributed by atoms with Crippen LogP contribution in [0.25, 0.3) is 0 Å². The van der Waals surface area contributed by atoms with Crippen LogP contribution in [0.3, 0.4) is 0 Å². The Morgan fingerprint density at radius 1 is 1.26 bits per heavy atom. The van der Waals surface area contributed by atoms with Crippen LogP contribution in [-0.2, 0) is 15.6 Å². The number of hydrogen-bond acceptors (Lipinski definition) is 4. The molecule has 0 aromatic heterocycles. The molecule has 0 bridgehead atoms. The van der Waals surface area contributed by atoms with Crippen LogP contribution in [0.5, 0.6) is 5.75 Å². The van der Waals surface area contributed by atoms with Gasteiger partial charge in [-0.15, -0.1) is 0 Å². The number of carboxylic acid groups (broad SMARTS) is 1. The van der Waals surface area contributed by atoms with Crippen molar-refractivity contribution < 1.29 is 23.8 Å². The fourth-order valence-electron chi connectivity index (χ4n) is 1.79. The molecule has 0 unspecified atom stereocenters. The quantitative estimate of drug-likeness (QED) is 0.574. The molecule has 1 rings (SSSR count). The number of benzene rings is 1. The summed E-state index contributed by atoms with van der Waals surface area (Å²) in [5, 5.41) is 9.47. The highest BCUT2D eigenvalue weighted by molar-refractivity contribution is 6.74. The van der Waals surface area contributed by atoms with Gasteiger partial charge in [0.05, 0.1) is 0 Å². The second kappa shape index (κ2) is 7.94. The normalized spacial score (nSPS) is 12.3. The Bertz CT molecular complexity index is 534. The van der Waals surface area contributed by atoms with E-state index in [1.807, 2.05) is 6.07 Å². The topological polar surface area (TPSA) is 65.0 Å². The van der Waals surface area contributed by atoms with Gasteiger partial charge in [0.15, 0.2) is 15.1 Å². The molecule has 0 fully saturated rings. The Morgan fingerprint density at radius 3 is 2.43 bits per heavy atom. The van der Waals surface area contributed by atoms with Crippen molar-refractivity contribution in [3.05, 3.63) is 29.3 Å². The third kappa shape index (κ3) is 5.64. The van der Waals surface area contributed by atoms with Gasteiger partial charge in [-0.3, -0.25) is 0 Å². The number of carboxylic acids is 1. The van der Waals surface area contributed by atoms with Crippen LogP contribution >= 0.6 is 0 Å². The van der Waals surface area contributed by atoms with Crippen molar-refractivity contribution in [1.82, 2.24) is 0 Å². The number of ether oxygens (including phenoxy) is 2. The minimum atomic E-state index is -1.78. The lowest BCUT2D eigenvalue weighted by molar-refractivity contribution is 0.0483. The third-order valence-corrected chi connectivity index (χ3v) is 8.80. The van der Waals surface area contributed by atoms with Gasteiger partial charge in [0.1, 0.15) is 11.3 Å². The Kier molecular flexibility index (Phi) is 6.79. The van der Waals surface area contributed by atoms with Gasteiger partial charge in [0.25, 0.3) is 0 Å². The van der Waals surface area contributed by atoms with Crippen LogP contribution in [0.2, 0.25) is 18.1 Å². The molecule has 1 aromatic rings. The molecule has 0 aliphatic carbocycles. The predicted octanol–water partition coefficient (Wildman–Crippen LogP) is 3.93. The number of carbonyl (C=O) groups is 1. The van der Waals surface area contributed by atoms with Crippen LogP contribution in [0.4, 0.5) is 0 Å². The van der Waals surface area contributed by atoms with E-state index >= 15 is 0 Å². The zero-order valence-electron chi connectivity index (χ0n) is 14.9. The van der Waals surface area contributed by atoms with Crippen LogP contribution in [0, 0.1) is 0 Å². The van der Waals surface area contributed by atoms with E-state index in [4.69, 9.17) is 13.9 Å². The highest BCUT2D eigenvalue weighted by atomic mass is 28.4. The second-order valence-electron chi connectivity index (χ2n) is 7.05. The molecule has 0 saturated heterocycles. The number of aromatic carboxylic acids is 1. The fraction of sp³-hybridized carbons (Fsp3) is 0.588. The fourth-order valence-corrected chi connectivity index (χ4v) is 2.83. The highest BCUT2D eigenvalue weighted by Crippen LogP contribution is 2.36. The smallest absolute Gasteiger partial charge is 0.339 e. The van der Waals surface area contributed by atoms with Gasteiger partial charge in [-0.25, -0.2) is 4.79 Å². The summed E-state index contributed by atoms with van der Waals surface area (Å²) in [6, 6.07) is 5.18. The first-order chi connectivity index (χ1) is 10.6. The zero-order valence-corrected chi connectivity index (χ0v) is 15.9. The molecule has 0 radical (unpaired) electrons. The molecule has 0 saturated carbocycles. The van der Waals surface area contributed by atoms with E-state index in [0.29, 0.717) is 18.8 Å². The molecule has 5 nitrogen and oxygen atoms in total. The summed E-state index contributed by atoms with van der Waals surface area (Å²) >= 11 is 0. The summed E-state index contributed by atoms with van der Waals surface area (Å²) in [5.74, 6) is -0.698. The van der Waals surface area contributed by atoms with Crippen molar-refractivity contribution in [2.45, 2.75) is 45.3 Å². The van der Waals surface area contributed by atoms with Crippen molar-refractivity contribution in [2.24, 2.45) is 0 Å². The maximum atomic E-state index is 11.4. The standard InChI is InChI=1S/C17H28O5Si/c1-17(2,3)23(5,6)22-10-9-13-7-8-15(21-12-20-4)14(11-13)16(18)19/h7-8,11H,9-10,12H2,1-6H3,(H,18,19). The van der Waals surface area contributed by atoms with E-state index in [1.165, 1.54) is 7.11 Å². The van der Waals surface area contributed by atoms with Crippen molar-refractivity contribution in [1.29, 1.82) is 0 Å². The Hall–Kier alpha value is -1.37. The Morgan fingerprint density at radius 2 is 1.91 bits per heavy atom. The summed E-state index contributed by atoms with van der Waals surface area (Å²) in [6.45, 7) is 11.6. The third-order valence-electron chi connectivity index (χ3n) is 4.27. The molecule has 0 aliphatic rings. The molecule has 0 atom stereocenters. The molecule has 23 heavy (non-hydrogen) atoms. The van der Waals surface area contributed by atoms with Crippen molar-refractivity contribution >= 4 is 14.3 Å². The molecule has 6 heteroatoms. The van der Waals surface area contributed by atoms with Gasteiger partial charge in [0.2, 0.25) is 0 Å².